The molecule has 0 saturated heterocycles. The quantitative estimate of drug-likeness (QED) is 0.822. The molecule has 16 heavy (non-hydrogen) atoms. The van der Waals surface area contributed by atoms with Gasteiger partial charge in [0.1, 0.15) is 0 Å². The van der Waals surface area contributed by atoms with E-state index in [-0.39, 0.29) is 0 Å². The molecule has 0 bridgehead atoms. The van der Waals surface area contributed by atoms with E-state index in [0.717, 1.165) is 24.3 Å². The molecule has 0 heterocycles. The lowest BCUT2D eigenvalue weighted by Gasteiger charge is -2.12. The minimum Gasteiger partial charge on any atom is -0.330 e. The fourth-order valence-electron chi connectivity index (χ4n) is 3.52. The Hall–Kier alpha value is -0.820. The maximum absolute atomic E-state index is 5.74. The summed E-state index contributed by atoms with van der Waals surface area (Å²) in [4.78, 5) is 0. The van der Waals surface area contributed by atoms with Crippen LogP contribution in [0.15, 0.2) is 18.2 Å². The van der Waals surface area contributed by atoms with Gasteiger partial charge in [-0.15, -0.1) is 0 Å². The summed E-state index contributed by atoms with van der Waals surface area (Å²) < 4.78 is 0. The lowest BCUT2D eigenvalue weighted by Crippen LogP contribution is -2.05. The summed E-state index contributed by atoms with van der Waals surface area (Å²) in [6.45, 7) is 3.11. The van der Waals surface area contributed by atoms with Crippen LogP contribution in [0.5, 0.6) is 0 Å². The SMILES string of the molecule is Cc1cccc2c1C(C1CC1)CC2CCN. The fraction of sp³-hybridized carbons (Fsp3) is 0.600. The largest absolute Gasteiger partial charge is 0.330 e. The molecular formula is C15H21N. The van der Waals surface area contributed by atoms with Gasteiger partial charge in [0.2, 0.25) is 0 Å². The molecule has 2 unspecified atom stereocenters. The van der Waals surface area contributed by atoms with Crippen molar-refractivity contribution in [1.82, 2.24) is 0 Å². The Morgan fingerprint density at radius 3 is 2.81 bits per heavy atom. The zero-order chi connectivity index (χ0) is 11.1. The van der Waals surface area contributed by atoms with E-state index in [2.05, 4.69) is 25.1 Å². The van der Waals surface area contributed by atoms with Crippen molar-refractivity contribution in [1.29, 1.82) is 0 Å². The van der Waals surface area contributed by atoms with Crippen LogP contribution in [0.4, 0.5) is 0 Å². The van der Waals surface area contributed by atoms with Crippen LogP contribution in [-0.2, 0) is 0 Å². The maximum Gasteiger partial charge on any atom is -0.00714 e. The van der Waals surface area contributed by atoms with E-state index in [4.69, 9.17) is 5.73 Å². The minimum absolute atomic E-state index is 0.741. The highest BCUT2D eigenvalue weighted by Crippen LogP contribution is 2.54. The summed E-state index contributed by atoms with van der Waals surface area (Å²) >= 11 is 0. The van der Waals surface area contributed by atoms with E-state index in [0.29, 0.717) is 0 Å². The van der Waals surface area contributed by atoms with Gasteiger partial charge < -0.3 is 5.73 Å². The van der Waals surface area contributed by atoms with E-state index >= 15 is 0 Å². The van der Waals surface area contributed by atoms with Gasteiger partial charge in [0.15, 0.2) is 0 Å². The maximum atomic E-state index is 5.74. The summed E-state index contributed by atoms with van der Waals surface area (Å²) in [7, 11) is 0. The van der Waals surface area contributed by atoms with E-state index < -0.39 is 0 Å². The third-order valence-corrected chi connectivity index (χ3v) is 4.41. The van der Waals surface area contributed by atoms with E-state index in [1.807, 2.05) is 0 Å². The zero-order valence-electron chi connectivity index (χ0n) is 10.1. The summed E-state index contributed by atoms with van der Waals surface area (Å²) in [5, 5.41) is 0. The second-order valence-corrected chi connectivity index (χ2v) is 5.53. The number of benzene rings is 1. The van der Waals surface area contributed by atoms with E-state index in [9.17, 15) is 0 Å². The third kappa shape index (κ3) is 1.58. The second kappa shape index (κ2) is 3.89. The average Bonchev–Trinajstić information content (AvgIpc) is 3.04. The first-order valence-corrected chi connectivity index (χ1v) is 6.60. The summed E-state index contributed by atoms with van der Waals surface area (Å²) in [5.41, 5.74) is 10.5. The molecule has 1 fully saturated rings. The standard InChI is InChI=1S/C15H21N/c1-10-3-2-4-13-12(7-8-16)9-14(15(10)13)11-5-6-11/h2-4,11-12,14H,5-9,16H2,1H3. The van der Waals surface area contributed by atoms with Gasteiger partial charge in [-0.1, -0.05) is 18.2 Å². The number of aryl methyl sites for hydroxylation is 1. The van der Waals surface area contributed by atoms with E-state index in [1.165, 1.54) is 31.2 Å². The van der Waals surface area contributed by atoms with Gasteiger partial charge in [-0.05, 0) is 73.6 Å². The number of rotatable bonds is 3. The fourth-order valence-corrected chi connectivity index (χ4v) is 3.52. The van der Waals surface area contributed by atoms with Crippen LogP contribution in [0.25, 0.3) is 0 Å². The average molecular weight is 215 g/mol. The highest BCUT2D eigenvalue weighted by atomic mass is 14.5. The van der Waals surface area contributed by atoms with Gasteiger partial charge in [-0.3, -0.25) is 0 Å². The minimum atomic E-state index is 0.741. The molecule has 1 aromatic carbocycles. The molecule has 1 saturated carbocycles. The van der Waals surface area contributed by atoms with Crippen molar-refractivity contribution in [2.45, 2.75) is 44.4 Å². The Kier molecular flexibility index (Phi) is 2.51. The molecule has 0 amide bonds. The highest BCUT2D eigenvalue weighted by Gasteiger charge is 2.40. The van der Waals surface area contributed by atoms with Crippen LogP contribution in [0.3, 0.4) is 0 Å². The molecule has 3 rings (SSSR count). The first-order valence-electron chi connectivity index (χ1n) is 6.60. The molecule has 0 spiro atoms. The normalized spacial score (nSPS) is 28.1. The summed E-state index contributed by atoms with van der Waals surface area (Å²) in [6.07, 6.45) is 5.43. The van der Waals surface area contributed by atoms with Gasteiger partial charge in [0.25, 0.3) is 0 Å². The van der Waals surface area contributed by atoms with Crippen molar-refractivity contribution in [3.05, 3.63) is 34.9 Å². The first-order chi connectivity index (χ1) is 7.81. The highest BCUT2D eigenvalue weighted by molar-refractivity contribution is 5.44. The smallest absolute Gasteiger partial charge is 0.00714 e. The van der Waals surface area contributed by atoms with Crippen molar-refractivity contribution in [3.8, 4) is 0 Å². The monoisotopic (exact) mass is 215 g/mol. The van der Waals surface area contributed by atoms with Gasteiger partial charge in [0.05, 0.1) is 0 Å². The zero-order valence-corrected chi connectivity index (χ0v) is 10.1. The molecule has 0 aliphatic heterocycles. The van der Waals surface area contributed by atoms with E-state index in [1.54, 1.807) is 11.1 Å². The van der Waals surface area contributed by atoms with Gasteiger partial charge in [-0.2, -0.15) is 0 Å². The van der Waals surface area contributed by atoms with Crippen molar-refractivity contribution in [2.75, 3.05) is 6.54 Å². The molecule has 1 aromatic rings. The van der Waals surface area contributed by atoms with Crippen molar-refractivity contribution in [2.24, 2.45) is 11.7 Å². The predicted molar refractivity (Wildman–Crippen MR) is 67.7 cm³/mol. The lowest BCUT2D eigenvalue weighted by molar-refractivity contribution is 0.522. The molecular weight excluding hydrogens is 194 g/mol. The van der Waals surface area contributed by atoms with Gasteiger partial charge >= 0.3 is 0 Å². The molecule has 2 N–H and O–H groups in total. The Balaban J connectivity index is 1.99. The molecule has 0 radical (unpaired) electrons. The van der Waals surface area contributed by atoms with Crippen LogP contribution >= 0.6 is 0 Å². The van der Waals surface area contributed by atoms with Crippen molar-refractivity contribution >= 4 is 0 Å². The molecule has 0 aromatic heterocycles. The molecule has 86 valence electrons. The van der Waals surface area contributed by atoms with Crippen LogP contribution in [-0.4, -0.2) is 6.54 Å². The van der Waals surface area contributed by atoms with Gasteiger partial charge in [0, 0.05) is 0 Å². The third-order valence-electron chi connectivity index (χ3n) is 4.41. The first kappa shape index (κ1) is 10.3. The molecule has 1 heteroatoms. The molecule has 1 nitrogen and oxygen atoms in total. The number of nitrogens with two attached hydrogens (primary N) is 1. The molecule has 2 aliphatic rings. The molecule has 2 aliphatic carbocycles. The Morgan fingerprint density at radius 1 is 1.31 bits per heavy atom. The summed E-state index contributed by atoms with van der Waals surface area (Å²) in [5.74, 6) is 2.58. The van der Waals surface area contributed by atoms with Crippen LogP contribution in [0, 0.1) is 12.8 Å². The predicted octanol–water partition coefficient (Wildman–Crippen LogP) is 3.32. The van der Waals surface area contributed by atoms with Crippen LogP contribution in [0.2, 0.25) is 0 Å². The van der Waals surface area contributed by atoms with Crippen molar-refractivity contribution in [3.63, 3.8) is 0 Å². The Labute approximate surface area is 98.0 Å². The van der Waals surface area contributed by atoms with Crippen LogP contribution in [0.1, 0.15) is 54.2 Å². The second-order valence-electron chi connectivity index (χ2n) is 5.53. The Morgan fingerprint density at radius 2 is 2.12 bits per heavy atom. The molecule has 2 atom stereocenters. The Bertz CT molecular complexity index is 392. The number of hydrogen-bond donors (Lipinski definition) is 1. The topological polar surface area (TPSA) is 26.0 Å². The number of hydrogen-bond acceptors (Lipinski definition) is 1. The van der Waals surface area contributed by atoms with Crippen molar-refractivity contribution < 1.29 is 0 Å². The van der Waals surface area contributed by atoms with Gasteiger partial charge in [-0.25, -0.2) is 0 Å². The number of fused-ring (bicyclic) bond motifs is 1. The lowest BCUT2D eigenvalue weighted by atomic mass is 9.93. The summed E-state index contributed by atoms with van der Waals surface area (Å²) in [6, 6.07) is 6.83. The van der Waals surface area contributed by atoms with Crippen LogP contribution < -0.4 is 5.73 Å².